The molecule has 1 aliphatic rings. The Kier molecular flexibility index (Phi) is 4.78. The molecule has 27 heavy (non-hydrogen) atoms. The van der Waals surface area contributed by atoms with Crippen molar-refractivity contribution in [2.45, 2.75) is 0 Å². The number of benzene rings is 2. The van der Waals surface area contributed by atoms with Crippen molar-refractivity contribution >= 4 is 11.6 Å². The Morgan fingerprint density at radius 3 is 2.30 bits per heavy atom. The van der Waals surface area contributed by atoms with Gasteiger partial charge in [0.2, 0.25) is 0 Å². The summed E-state index contributed by atoms with van der Waals surface area (Å²) in [6.45, 7) is 3.01. The molecule has 0 atom stereocenters. The second-order valence-corrected chi connectivity index (χ2v) is 6.49. The van der Waals surface area contributed by atoms with Gasteiger partial charge in [-0.05, 0) is 36.4 Å². The van der Waals surface area contributed by atoms with Gasteiger partial charge in [0.25, 0.3) is 5.91 Å². The lowest BCUT2D eigenvalue weighted by Crippen LogP contribution is -2.48. The zero-order chi connectivity index (χ0) is 18.6. The smallest absolute Gasteiger partial charge is 0.257 e. The van der Waals surface area contributed by atoms with Gasteiger partial charge < -0.3 is 14.5 Å². The molecule has 1 aliphatic heterocycles. The highest BCUT2D eigenvalue weighted by molar-refractivity contribution is 5.94. The van der Waals surface area contributed by atoms with Gasteiger partial charge >= 0.3 is 0 Å². The van der Waals surface area contributed by atoms with Crippen LogP contribution in [0.2, 0.25) is 0 Å². The lowest BCUT2D eigenvalue weighted by molar-refractivity contribution is 0.0747. The molecule has 138 valence electrons. The van der Waals surface area contributed by atoms with Crippen molar-refractivity contribution in [3.63, 3.8) is 0 Å². The normalized spacial score (nSPS) is 14.3. The highest BCUT2D eigenvalue weighted by Crippen LogP contribution is 2.21. The number of amides is 1. The first kappa shape index (κ1) is 17.1. The van der Waals surface area contributed by atoms with E-state index in [1.165, 1.54) is 0 Å². The number of hydrogen-bond donors (Lipinski definition) is 0. The number of carbonyl (C=O) groups is 1. The second kappa shape index (κ2) is 7.53. The molecule has 0 aliphatic carbocycles. The molecular weight excluding hydrogens is 340 g/mol. The predicted octanol–water partition coefficient (Wildman–Crippen LogP) is 2.84. The third-order valence-corrected chi connectivity index (χ3v) is 4.85. The molecule has 1 amide bonds. The molecule has 0 bridgehead atoms. The molecule has 0 unspecified atom stereocenters. The minimum Gasteiger partial charge on any atom is -0.497 e. The van der Waals surface area contributed by atoms with E-state index in [0.29, 0.717) is 18.7 Å². The van der Waals surface area contributed by atoms with Crippen LogP contribution in [0.1, 0.15) is 10.4 Å². The summed E-state index contributed by atoms with van der Waals surface area (Å²) >= 11 is 0. The number of hydrogen-bond acceptors (Lipinski definition) is 4. The number of anilines is 1. The van der Waals surface area contributed by atoms with Crippen molar-refractivity contribution in [1.29, 1.82) is 0 Å². The van der Waals surface area contributed by atoms with Crippen molar-refractivity contribution in [3.05, 3.63) is 72.6 Å². The van der Waals surface area contributed by atoms with E-state index >= 15 is 0 Å². The van der Waals surface area contributed by atoms with E-state index in [-0.39, 0.29) is 5.91 Å². The fourth-order valence-electron chi connectivity index (χ4n) is 3.30. The number of nitrogens with zero attached hydrogens (tertiary/aromatic N) is 4. The van der Waals surface area contributed by atoms with Crippen molar-refractivity contribution in [2.75, 3.05) is 38.2 Å². The molecule has 2 heterocycles. The van der Waals surface area contributed by atoms with Crippen molar-refractivity contribution in [3.8, 4) is 11.4 Å². The third-order valence-electron chi connectivity index (χ3n) is 4.85. The molecule has 0 saturated carbocycles. The summed E-state index contributed by atoms with van der Waals surface area (Å²) in [7, 11) is 1.67. The van der Waals surface area contributed by atoms with Crippen LogP contribution in [0.4, 0.5) is 5.69 Å². The zero-order valence-corrected chi connectivity index (χ0v) is 15.3. The van der Waals surface area contributed by atoms with Gasteiger partial charge in [-0.1, -0.05) is 18.2 Å². The summed E-state index contributed by atoms with van der Waals surface area (Å²) in [4.78, 5) is 17.0. The van der Waals surface area contributed by atoms with Crippen LogP contribution in [-0.2, 0) is 0 Å². The van der Waals surface area contributed by atoms with Crippen LogP contribution in [0.3, 0.4) is 0 Å². The third kappa shape index (κ3) is 3.65. The van der Waals surface area contributed by atoms with E-state index in [2.05, 4.69) is 22.1 Å². The van der Waals surface area contributed by atoms with Crippen molar-refractivity contribution in [2.24, 2.45) is 0 Å². The maximum Gasteiger partial charge on any atom is 0.257 e. The molecule has 6 heteroatoms. The molecule has 2 aromatic carbocycles. The lowest BCUT2D eigenvalue weighted by Gasteiger charge is -2.36. The Labute approximate surface area is 158 Å². The summed E-state index contributed by atoms with van der Waals surface area (Å²) in [6, 6.07) is 17.8. The van der Waals surface area contributed by atoms with Gasteiger partial charge in [-0.2, -0.15) is 5.10 Å². The summed E-state index contributed by atoms with van der Waals surface area (Å²) in [5.41, 5.74) is 2.72. The first-order valence-corrected chi connectivity index (χ1v) is 9.03. The van der Waals surface area contributed by atoms with Crippen LogP contribution in [-0.4, -0.2) is 53.9 Å². The standard InChI is InChI=1S/C21H22N4O2/c1-27-20-9-7-18(8-10-20)23-11-13-24(14-12-23)21(26)17-15-22-25(16-17)19-5-3-2-4-6-19/h2-10,15-16H,11-14H2,1H3. The Hall–Kier alpha value is -3.28. The summed E-state index contributed by atoms with van der Waals surface area (Å²) in [5.74, 6) is 0.884. The lowest BCUT2D eigenvalue weighted by atomic mass is 10.2. The van der Waals surface area contributed by atoms with Gasteiger partial charge in [0, 0.05) is 38.1 Å². The fraction of sp³-hybridized carbons (Fsp3) is 0.238. The molecule has 6 nitrogen and oxygen atoms in total. The summed E-state index contributed by atoms with van der Waals surface area (Å²) in [6.07, 6.45) is 3.44. The van der Waals surface area contributed by atoms with Gasteiger partial charge in [0.05, 0.1) is 24.6 Å². The monoisotopic (exact) mass is 362 g/mol. The molecule has 0 N–H and O–H groups in total. The highest BCUT2D eigenvalue weighted by atomic mass is 16.5. The first-order chi connectivity index (χ1) is 13.2. The molecule has 0 radical (unpaired) electrons. The van der Waals surface area contributed by atoms with Gasteiger partial charge in [0.15, 0.2) is 0 Å². The van der Waals surface area contributed by atoms with Gasteiger partial charge in [0.1, 0.15) is 5.75 Å². The van der Waals surface area contributed by atoms with E-state index < -0.39 is 0 Å². The number of ether oxygens (including phenoxy) is 1. The maximum atomic E-state index is 12.8. The van der Waals surface area contributed by atoms with Gasteiger partial charge in [-0.3, -0.25) is 4.79 Å². The average molecular weight is 362 g/mol. The molecule has 4 rings (SSSR count). The van der Waals surface area contributed by atoms with Gasteiger partial charge in [-0.15, -0.1) is 0 Å². The van der Waals surface area contributed by atoms with Crippen LogP contribution in [0, 0.1) is 0 Å². The Morgan fingerprint density at radius 2 is 1.63 bits per heavy atom. The highest BCUT2D eigenvalue weighted by Gasteiger charge is 2.23. The van der Waals surface area contributed by atoms with Gasteiger partial charge in [-0.25, -0.2) is 4.68 Å². The molecule has 1 saturated heterocycles. The number of methoxy groups -OCH3 is 1. The minimum absolute atomic E-state index is 0.0339. The maximum absolute atomic E-state index is 12.8. The molecule has 1 fully saturated rings. The van der Waals surface area contributed by atoms with Crippen LogP contribution in [0.15, 0.2) is 67.0 Å². The van der Waals surface area contributed by atoms with Crippen LogP contribution in [0.5, 0.6) is 5.75 Å². The second-order valence-electron chi connectivity index (χ2n) is 6.49. The fourth-order valence-corrected chi connectivity index (χ4v) is 3.30. The van der Waals surface area contributed by atoms with E-state index in [4.69, 9.17) is 4.74 Å². The number of carbonyl (C=O) groups excluding carboxylic acids is 1. The average Bonchev–Trinajstić information content (AvgIpc) is 3.24. The van der Waals surface area contributed by atoms with Crippen molar-refractivity contribution in [1.82, 2.24) is 14.7 Å². The quantitative estimate of drug-likeness (QED) is 0.716. The Balaban J connectivity index is 1.39. The molecule has 3 aromatic rings. The predicted molar refractivity (Wildman–Crippen MR) is 105 cm³/mol. The minimum atomic E-state index is 0.0339. The summed E-state index contributed by atoms with van der Waals surface area (Å²) < 4.78 is 6.95. The van der Waals surface area contributed by atoms with Crippen LogP contribution in [0.25, 0.3) is 5.69 Å². The molecular formula is C21H22N4O2. The Morgan fingerprint density at radius 1 is 0.926 bits per heavy atom. The SMILES string of the molecule is COc1ccc(N2CCN(C(=O)c3cnn(-c4ccccc4)c3)CC2)cc1. The molecule has 1 aromatic heterocycles. The number of rotatable bonds is 4. The first-order valence-electron chi connectivity index (χ1n) is 9.03. The number of para-hydroxylation sites is 1. The Bertz CT molecular complexity index is 897. The van der Waals surface area contributed by atoms with E-state index in [0.717, 1.165) is 30.2 Å². The number of aromatic nitrogens is 2. The van der Waals surface area contributed by atoms with Crippen molar-refractivity contribution < 1.29 is 9.53 Å². The topological polar surface area (TPSA) is 50.6 Å². The van der Waals surface area contributed by atoms with Crippen LogP contribution >= 0.6 is 0 Å². The number of piperazine rings is 1. The van der Waals surface area contributed by atoms with E-state index in [1.807, 2.05) is 47.4 Å². The summed E-state index contributed by atoms with van der Waals surface area (Å²) in [5, 5.41) is 4.33. The van der Waals surface area contributed by atoms with Crippen LogP contribution < -0.4 is 9.64 Å². The van der Waals surface area contributed by atoms with E-state index in [9.17, 15) is 4.79 Å². The largest absolute Gasteiger partial charge is 0.497 e. The zero-order valence-electron chi connectivity index (χ0n) is 15.3. The van der Waals surface area contributed by atoms with E-state index in [1.54, 1.807) is 24.2 Å². The molecule has 0 spiro atoms.